The minimum Gasteiger partial charge on any atom is -0.480 e. The number of benzene rings is 2. The molecule has 1 fully saturated rings. The van der Waals surface area contributed by atoms with Crippen molar-refractivity contribution in [2.75, 3.05) is 13.1 Å². The van der Waals surface area contributed by atoms with Crippen LogP contribution in [-0.4, -0.2) is 18.1 Å². The molecule has 1 aromatic heterocycles. The van der Waals surface area contributed by atoms with Crippen molar-refractivity contribution in [3.05, 3.63) is 72.9 Å². The number of oxazole rings is 1. The average Bonchev–Trinajstić information content (AvgIpc) is 3.35. The van der Waals surface area contributed by atoms with Gasteiger partial charge in [0.25, 0.3) is 0 Å². The number of rotatable bonds is 5. The number of ether oxygens (including phenoxy) is 1. The van der Waals surface area contributed by atoms with Crippen molar-refractivity contribution in [3.63, 3.8) is 0 Å². The Labute approximate surface area is 141 Å². The highest BCUT2D eigenvalue weighted by atomic mass is 16.5. The SMILES string of the molecule is c1ccc(-c2ccccc2OC(c2ncco2)C2CCNC2)cc1. The third-order valence-electron chi connectivity index (χ3n) is 4.45. The van der Waals surface area contributed by atoms with Crippen molar-refractivity contribution < 1.29 is 9.15 Å². The van der Waals surface area contributed by atoms with E-state index in [4.69, 9.17) is 9.15 Å². The van der Waals surface area contributed by atoms with E-state index in [0.29, 0.717) is 11.8 Å². The Balaban J connectivity index is 1.68. The first-order valence-corrected chi connectivity index (χ1v) is 8.33. The van der Waals surface area contributed by atoms with Crippen LogP contribution in [0, 0.1) is 5.92 Å². The van der Waals surface area contributed by atoms with Gasteiger partial charge in [0, 0.05) is 18.0 Å². The van der Waals surface area contributed by atoms with E-state index in [1.54, 1.807) is 12.5 Å². The Morgan fingerprint density at radius 3 is 2.67 bits per heavy atom. The lowest BCUT2D eigenvalue weighted by Gasteiger charge is -2.23. The predicted octanol–water partition coefficient (Wildman–Crippen LogP) is 4.07. The molecule has 0 aliphatic carbocycles. The maximum Gasteiger partial charge on any atom is 0.235 e. The zero-order valence-corrected chi connectivity index (χ0v) is 13.4. The molecule has 1 saturated heterocycles. The van der Waals surface area contributed by atoms with Gasteiger partial charge in [-0.3, -0.25) is 0 Å². The Hall–Kier alpha value is -2.59. The van der Waals surface area contributed by atoms with Crippen molar-refractivity contribution in [1.82, 2.24) is 10.3 Å². The molecule has 3 aromatic rings. The Bertz CT molecular complexity index is 765. The van der Waals surface area contributed by atoms with E-state index < -0.39 is 0 Å². The summed E-state index contributed by atoms with van der Waals surface area (Å²) in [5, 5.41) is 3.40. The van der Waals surface area contributed by atoms with E-state index in [1.807, 2.05) is 36.4 Å². The molecule has 4 nitrogen and oxygen atoms in total. The van der Waals surface area contributed by atoms with E-state index in [-0.39, 0.29) is 6.10 Å². The van der Waals surface area contributed by atoms with E-state index in [0.717, 1.165) is 36.4 Å². The number of nitrogens with zero attached hydrogens (tertiary/aromatic N) is 1. The molecule has 24 heavy (non-hydrogen) atoms. The number of hydrogen-bond acceptors (Lipinski definition) is 4. The average molecular weight is 320 g/mol. The standard InChI is InChI=1S/C20H20N2O2/c1-2-6-15(7-3-1)17-8-4-5-9-18(17)24-19(16-10-11-21-14-16)20-22-12-13-23-20/h1-9,12-13,16,19,21H,10-11,14H2. The highest BCUT2D eigenvalue weighted by Gasteiger charge is 2.31. The van der Waals surface area contributed by atoms with Crippen LogP contribution in [0.25, 0.3) is 11.1 Å². The molecule has 2 atom stereocenters. The van der Waals surface area contributed by atoms with Crippen molar-refractivity contribution in [1.29, 1.82) is 0 Å². The molecule has 122 valence electrons. The zero-order valence-electron chi connectivity index (χ0n) is 13.4. The van der Waals surface area contributed by atoms with E-state index in [9.17, 15) is 0 Å². The number of para-hydroxylation sites is 1. The second-order valence-corrected chi connectivity index (χ2v) is 6.02. The fourth-order valence-corrected chi connectivity index (χ4v) is 3.22. The lowest BCUT2D eigenvalue weighted by atomic mass is 10.0. The summed E-state index contributed by atoms with van der Waals surface area (Å²) in [6.45, 7) is 1.92. The quantitative estimate of drug-likeness (QED) is 0.770. The Morgan fingerprint density at radius 2 is 1.92 bits per heavy atom. The van der Waals surface area contributed by atoms with E-state index in [2.05, 4.69) is 28.5 Å². The molecule has 0 radical (unpaired) electrons. The third kappa shape index (κ3) is 3.05. The Kier molecular flexibility index (Phi) is 4.30. The second kappa shape index (κ2) is 6.89. The van der Waals surface area contributed by atoms with Gasteiger partial charge in [-0.15, -0.1) is 0 Å². The van der Waals surface area contributed by atoms with Crippen LogP contribution in [0.3, 0.4) is 0 Å². The lowest BCUT2D eigenvalue weighted by molar-refractivity contribution is 0.115. The molecule has 4 rings (SSSR count). The van der Waals surface area contributed by atoms with Gasteiger partial charge in [-0.05, 0) is 24.6 Å². The summed E-state index contributed by atoms with van der Waals surface area (Å²) in [4.78, 5) is 4.34. The molecule has 2 aromatic carbocycles. The van der Waals surface area contributed by atoms with Crippen LogP contribution in [-0.2, 0) is 0 Å². The van der Waals surface area contributed by atoms with E-state index >= 15 is 0 Å². The Morgan fingerprint density at radius 1 is 1.08 bits per heavy atom. The van der Waals surface area contributed by atoms with Gasteiger partial charge in [0.05, 0.1) is 6.20 Å². The molecule has 1 aliphatic rings. The van der Waals surface area contributed by atoms with Gasteiger partial charge in [0.15, 0.2) is 6.10 Å². The predicted molar refractivity (Wildman–Crippen MR) is 92.7 cm³/mol. The highest BCUT2D eigenvalue weighted by Crippen LogP contribution is 2.36. The van der Waals surface area contributed by atoms with Crippen LogP contribution >= 0.6 is 0 Å². The highest BCUT2D eigenvalue weighted by molar-refractivity contribution is 5.70. The van der Waals surface area contributed by atoms with Gasteiger partial charge < -0.3 is 14.5 Å². The summed E-state index contributed by atoms with van der Waals surface area (Å²) in [6.07, 6.45) is 4.16. The van der Waals surface area contributed by atoms with Gasteiger partial charge in [0.2, 0.25) is 5.89 Å². The number of aromatic nitrogens is 1. The molecule has 2 unspecified atom stereocenters. The fourth-order valence-electron chi connectivity index (χ4n) is 3.22. The molecule has 0 bridgehead atoms. The van der Waals surface area contributed by atoms with Gasteiger partial charge >= 0.3 is 0 Å². The van der Waals surface area contributed by atoms with Crippen LogP contribution in [0.5, 0.6) is 5.75 Å². The minimum absolute atomic E-state index is 0.181. The van der Waals surface area contributed by atoms with Crippen molar-refractivity contribution in [2.24, 2.45) is 5.92 Å². The summed E-state index contributed by atoms with van der Waals surface area (Å²) in [7, 11) is 0. The van der Waals surface area contributed by atoms with Gasteiger partial charge in [-0.2, -0.15) is 0 Å². The molecule has 2 heterocycles. The first kappa shape index (κ1) is 15.0. The van der Waals surface area contributed by atoms with Crippen molar-refractivity contribution >= 4 is 0 Å². The normalized spacial score (nSPS) is 18.4. The number of nitrogens with one attached hydrogen (secondary N) is 1. The fraction of sp³-hybridized carbons (Fsp3) is 0.250. The molecule has 0 saturated carbocycles. The molecule has 4 heteroatoms. The monoisotopic (exact) mass is 320 g/mol. The maximum absolute atomic E-state index is 6.43. The molecule has 0 amide bonds. The summed E-state index contributed by atoms with van der Waals surface area (Å²) in [5.41, 5.74) is 2.23. The molecular weight excluding hydrogens is 300 g/mol. The van der Waals surface area contributed by atoms with Crippen molar-refractivity contribution in [3.8, 4) is 16.9 Å². The smallest absolute Gasteiger partial charge is 0.235 e. The first-order valence-electron chi connectivity index (χ1n) is 8.33. The van der Waals surface area contributed by atoms with Crippen LogP contribution in [0.2, 0.25) is 0 Å². The second-order valence-electron chi connectivity index (χ2n) is 6.02. The summed E-state index contributed by atoms with van der Waals surface area (Å²) in [5.74, 6) is 1.86. The van der Waals surface area contributed by atoms with Crippen molar-refractivity contribution in [2.45, 2.75) is 12.5 Å². The third-order valence-corrected chi connectivity index (χ3v) is 4.45. The minimum atomic E-state index is -0.181. The molecule has 1 aliphatic heterocycles. The summed E-state index contributed by atoms with van der Waals surface area (Å²) in [6, 6.07) is 18.4. The zero-order chi connectivity index (χ0) is 16.2. The van der Waals surface area contributed by atoms with Gasteiger partial charge in [0.1, 0.15) is 12.0 Å². The van der Waals surface area contributed by atoms with Crippen LogP contribution < -0.4 is 10.1 Å². The molecule has 0 spiro atoms. The molecular formula is C20H20N2O2. The maximum atomic E-state index is 6.43. The first-order chi connectivity index (χ1) is 11.9. The van der Waals surface area contributed by atoms with Crippen LogP contribution in [0.4, 0.5) is 0 Å². The summed E-state index contributed by atoms with van der Waals surface area (Å²) < 4.78 is 12.0. The largest absolute Gasteiger partial charge is 0.480 e. The molecule has 1 N–H and O–H groups in total. The van der Waals surface area contributed by atoms with Crippen LogP contribution in [0.1, 0.15) is 18.4 Å². The topological polar surface area (TPSA) is 47.3 Å². The lowest BCUT2D eigenvalue weighted by Crippen LogP contribution is -2.22. The number of hydrogen-bond donors (Lipinski definition) is 1. The summed E-state index contributed by atoms with van der Waals surface area (Å²) >= 11 is 0. The van der Waals surface area contributed by atoms with Crippen LogP contribution in [0.15, 0.2) is 71.5 Å². The van der Waals surface area contributed by atoms with Gasteiger partial charge in [-0.1, -0.05) is 48.5 Å². The van der Waals surface area contributed by atoms with E-state index in [1.165, 1.54) is 0 Å². The van der Waals surface area contributed by atoms with Gasteiger partial charge in [-0.25, -0.2) is 4.98 Å².